The molecule has 210 valence electrons. The van der Waals surface area contributed by atoms with Crippen LogP contribution >= 0.6 is 0 Å². The number of aliphatic hydroxyl groups excluding tert-OH is 1. The maximum absolute atomic E-state index is 13.5. The number of aliphatic hydroxyl groups is 1. The number of fused-ring (bicyclic) bond motifs is 1. The lowest BCUT2D eigenvalue weighted by Crippen LogP contribution is -2.73. The number of carbonyl (C=O) groups excluding carboxylic acids is 2. The van der Waals surface area contributed by atoms with E-state index in [1.54, 1.807) is 17.0 Å². The van der Waals surface area contributed by atoms with E-state index in [1.165, 1.54) is 12.4 Å². The van der Waals surface area contributed by atoms with Crippen LogP contribution in [0.5, 0.6) is 5.75 Å². The molecule has 14 heteroatoms. The Morgan fingerprint density at radius 3 is 2.73 bits per heavy atom. The summed E-state index contributed by atoms with van der Waals surface area (Å²) in [5, 5.41) is 20.5. The lowest BCUT2D eigenvalue weighted by molar-refractivity contribution is 0.0143. The third-order valence-electron chi connectivity index (χ3n) is 8.17. The summed E-state index contributed by atoms with van der Waals surface area (Å²) >= 11 is 0. The van der Waals surface area contributed by atoms with Gasteiger partial charge in [0, 0.05) is 31.0 Å². The molecule has 0 bridgehead atoms. The highest BCUT2D eigenvalue weighted by atomic mass is 16.5. The smallest absolute Gasteiger partial charge is 0.289 e. The first kappa shape index (κ1) is 25.8. The minimum atomic E-state index is -1.26. The van der Waals surface area contributed by atoms with Crippen molar-refractivity contribution in [2.24, 2.45) is 21.5 Å². The van der Waals surface area contributed by atoms with E-state index in [-0.39, 0.29) is 42.2 Å². The van der Waals surface area contributed by atoms with E-state index in [0.29, 0.717) is 17.9 Å². The van der Waals surface area contributed by atoms with Crippen LogP contribution in [-0.2, 0) is 5.41 Å². The number of nitrogens with zero attached hydrogens (tertiary/aromatic N) is 5. The number of amides is 2. The molecule has 1 aromatic heterocycles. The Balaban J connectivity index is 1.23. The summed E-state index contributed by atoms with van der Waals surface area (Å²) in [6, 6.07) is 5.04. The van der Waals surface area contributed by atoms with E-state index in [9.17, 15) is 14.7 Å². The van der Waals surface area contributed by atoms with Crippen molar-refractivity contribution >= 4 is 23.7 Å². The minimum Gasteiger partial charge on any atom is -0.492 e. The number of hydrogen-bond acceptors (Lipinski definition) is 12. The van der Waals surface area contributed by atoms with Crippen molar-refractivity contribution < 1.29 is 19.4 Å². The van der Waals surface area contributed by atoms with Crippen LogP contribution in [0.1, 0.15) is 46.8 Å². The number of guanidine groups is 2. The number of benzene rings is 1. The highest BCUT2D eigenvalue weighted by Crippen LogP contribution is 2.42. The molecule has 0 aliphatic carbocycles. The third-order valence-corrected chi connectivity index (χ3v) is 8.17. The summed E-state index contributed by atoms with van der Waals surface area (Å²) in [5.41, 5.74) is 12.4. The number of rotatable bonds is 5. The van der Waals surface area contributed by atoms with Crippen LogP contribution in [0.4, 0.5) is 0 Å². The number of ether oxygens (including phenoxy) is 1. The first-order chi connectivity index (χ1) is 19.1. The largest absolute Gasteiger partial charge is 0.492 e. The Kier molecular flexibility index (Phi) is 6.02. The Morgan fingerprint density at radius 2 is 1.95 bits per heavy atom. The van der Waals surface area contributed by atoms with E-state index in [4.69, 9.17) is 16.2 Å². The number of hydrogen-bond donors (Lipinski definition) is 6. The molecule has 4 aliphatic rings. The predicted octanol–water partition coefficient (Wildman–Crippen LogP) is -1.58. The first-order valence-corrected chi connectivity index (χ1v) is 13.1. The summed E-state index contributed by atoms with van der Waals surface area (Å²) in [4.78, 5) is 44.7. The molecule has 8 N–H and O–H groups in total. The zero-order valence-corrected chi connectivity index (χ0v) is 22.2. The van der Waals surface area contributed by atoms with E-state index < -0.39 is 35.8 Å². The molecule has 2 amide bonds. The molecule has 1 fully saturated rings. The van der Waals surface area contributed by atoms with Crippen molar-refractivity contribution in [1.29, 1.82) is 0 Å². The zero-order valence-electron chi connectivity index (χ0n) is 22.2. The molecule has 0 saturated carbocycles. The van der Waals surface area contributed by atoms with Gasteiger partial charge in [-0.15, -0.1) is 0 Å². The molecule has 5 atom stereocenters. The van der Waals surface area contributed by atoms with Gasteiger partial charge in [-0.05, 0) is 24.0 Å². The SMILES string of the molecule is CC1(C)CCOc2c(C(=O)NC3CN4C(N)=N[C@@H](CNC(=O)c5ncccn5)[C@@H]5N=C(N)N[C@@]54[C@@H]3O)cccc21. The number of nitrogens with one attached hydrogen (secondary N) is 3. The number of carbonyl (C=O) groups is 2. The van der Waals surface area contributed by atoms with Gasteiger partial charge in [-0.1, -0.05) is 26.0 Å². The molecule has 6 rings (SSSR count). The molecule has 4 aliphatic heterocycles. The van der Waals surface area contributed by atoms with Gasteiger partial charge >= 0.3 is 0 Å². The summed E-state index contributed by atoms with van der Waals surface area (Å²) in [7, 11) is 0. The average Bonchev–Trinajstić information content (AvgIpc) is 3.43. The maximum Gasteiger partial charge on any atom is 0.289 e. The van der Waals surface area contributed by atoms with Gasteiger partial charge < -0.3 is 42.2 Å². The second-order valence-electron chi connectivity index (χ2n) is 11.0. The maximum atomic E-state index is 13.5. The molecule has 1 unspecified atom stereocenters. The summed E-state index contributed by atoms with van der Waals surface area (Å²) in [6.07, 6.45) is 2.61. The molecule has 40 heavy (non-hydrogen) atoms. The molecule has 0 radical (unpaired) electrons. The zero-order chi connectivity index (χ0) is 28.2. The monoisotopic (exact) mass is 548 g/mol. The lowest BCUT2D eigenvalue weighted by Gasteiger charge is -2.46. The number of aromatic nitrogens is 2. The topological polar surface area (TPSA) is 205 Å². The molecule has 14 nitrogen and oxygen atoms in total. The van der Waals surface area contributed by atoms with Crippen LogP contribution in [0.15, 0.2) is 46.6 Å². The summed E-state index contributed by atoms with van der Waals surface area (Å²) in [5.74, 6) is -0.0622. The van der Waals surface area contributed by atoms with Crippen molar-refractivity contribution in [3.8, 4) is 5.75 Å². The fourth-order valence-corrected chi connectivity index (χ4v) is 6.09. The fourth-order valence-electron chi connectivity index (χ4n) is 6.09. The molecule has 2 aromatic rings. The second kappa shape index (κ2) is 9.33. The minimum absolute atomic E-state index is 0.0123. The van der Waals surface area contributed by atoms with Crippen molar-refractivity contribution in [3.05, 3.63) is 53.6 Å². The quantitative estimate of drug-likeness (QED) is 0.253. The van der Waals surface area contributed by atoms with Gasteiger partial charge in [-0.25, -0.2) is 20.0 Å². The molecular formula is C26H32N10O4. The Bertz CT molecular complexity index is 1410. The molecule has 1 spiro atoms. The van der Waals surface area contributed by atoms with Crippen LogP contribution in [0.2, 0.25) is 0 Å². The van der Waals surface area contributed by atoms with Gasteiger partial charge in [0.25, 0.3) is 11.8 Å². The number of aliphatic imine (C=N–C) groups is 2. The Hall–Kier alpha value is -4.46. The van der Waals surface area contributed by atoms with Gasteiger partial charge in [-0.2, -0.15) is 0 Å². The molecule has 5 heterocycles. The van der Waals surface area contributed by atoms with Crippen LogP contribution < -0.4 is 32.2 Å². The molecular weight excluding hydrogens is 516 g/mol. The van der Waals surface area contributed by atoms with Gasteiger partial charge in [0.1, 0.15) is 17.9 Å². The highest BCUT2D eigenvalue weighted by Gasteiger charge is 2.65. The van der Waals surface area contributed by atoms with Crippen molar-refractivity contribution in [3.63, 3.8) is 0 Å². The highest BCUT2D eigenvalue weighted by molar-refractivity contribution is 5.98. The molecule has 1 saturated heterocycles. The number of para-hydroxylation sites is 1. The van der Waals surface area contributed by atoms with Crippen molar-refractivity contribution in [1.82, 2.24) is 30.8 Å². The Morgan fingerprint density at radius 1 is 1.18 bits per heavy atom. The van der Waals surface area contributed by atoms with Gasteiger partial charge in [0.05, 0.1) is 24.3 Å². The van der Waals surface area contributed by atoms with Gasteiger partial charge in [0.15, 0.2) is 17.6 Å². The van der Waals surface area contributed by atoms with Crippen molar-refractivity contribution in [2.75, 3.05) is 19.7 Å². The van der Waals surface area contributed by atoms with E-state index in [0.717, 1.165) is 12.0 Å². The van der Waals surface area contributed by atoms with Crippen molar-refractivity contribution in [2.45, 2.75) is 55.6 Å². The fraction of sp³-hybridized carbons (Fsp3) is 0.462. The van der Waals surface area contributed by atoms with E-state index in [2.05, 4.69) is 49.8 Å². The van der Waals surface area contributed by atoms with Gasteiger partial charge in [-0.3, -0.25) is 9.59 Å². The first-order valence-electron chi connectivity index (χ1n) is 13.1. The standard InChI is InChI=1S/C26H32N10O4/c1-25(2)7-10-40-17-13(5-3-6-14(17)25)21(38)32-16-12-36-24(28)33-15(11-31-22(39)20-29-8-4-9-30-20)18-26(36,19(16)37)35-23(27)34-18/h3-6,8-9,15-16,18-19,37H,7,10-12H2,1-2H3,(H2,28,33)(H,31,39)(H,32,38)(H3,27,34,35)/t15-,16?,18-,19+,26-/m0/s1. The molecule has 1 aromatic carbocycles. The number of nitrogens with two attached hydrogens (primary N) is 2. The van der Waals surface area contributed by atoms with Crippen LogP contribution in [0.3, 0.4) is 0 Å². The second-order valence-corrected chi connectivity index (χ2v) is 11.0. The van der Waals surface area contributed by atoms with E-state index >= 15 is 0 Å². The van der Waals surface area contributed by atoms with E-state index in [1.807, 2.05) is 12.1 Å². The third kappa shape index (κ3) is 3.97. The predicted molar refractivity (Wildman–Crippen MR) is 145 cm³/mol. The van der Waals surface area contributed by atoms with Crippen LogP contribution in [0, 0.1) is 0 Å². The summed E-state index contributed by atoms with van der Waals surface area (Å²) < 4.78 is 5.93. The lowest BCUT2D eigenvalue weighted by atomic mass is 9.79. The van der Waals surface area contributed by atoms with Crippen LogP contribution in [-0.4, -0.2) is 93.3 Å². The average molecular weight is 549 g/mol. The van der Waals surface area contributed by atoms with Gasteiger partial charge in [0.2, 0.25) is 5.82 Å². The Labute approximate surface area is 230 Å². The van der Waals surface area contributed by atoms with Crippen LogP contribution in [0.25, 0.3) is 0 Å². The normalized spacial score (nSPS) is 29.5. The summed E-state index contributed by atoms with van der Waals surface area (Å²) in [6.45, 7) is 4.96.